The van der Waals surface area contributed by atoms with Gasteiger partial charge in [-0.2, -0.15) is 0 Å². The first-order valence-corrected chi connectivity index (χ1v) is 24.4. The van der Waals surface area contributed by atoms with Gasteiger partial charge in [0.05, 0.1) is 0 Å². The van der Waals surface area contributed by atoms with E-state index in [1.165, 1.54) is 234 Å². The van der Waals surface area contributed by atoms with E-state index in [-0.39, 0.29) is 0 Å². The number of hydrogen-bond acceptors (Lipinski definition) is 12. The molecule has 56 heavy (non-hydrogen) atoms. The average molecular weight is 789 g/mol. The first-order valence-electron chi connectivity index (χ1n) is 24.4. The molecule has 0 aromatic rings. The summed E-state index contributed by atoms with van der Waals surface area (Å²) in [6, 6.07) is 0. The van der Waals surface area contributed by atoms with Crippen molar-refractivity contribution in [2.24, 2.45) is 11.8 Å². The highest BCUT2D eigenvalue weighted by Crippen LogP contribution is 2.27. The molecule has 0 aromatic carbocycles. The monoisotopic (exact) mass is 789 g/mol. The van der Waals surface area contributed by atoms with Gasteiger partial charge in [-0.05, 0) is 168 Å². The molecular weight excluding hydrogens is 697 g/mol. The van der Waals surface area contributed by atoms with E-state index in [2.05, 4.69) is 61.3 Å². The molecule has 15 fully saturated rings. The van der Waals surface area contributed by atoms with Gasteiger partial charge in [-0.3, -0.25) is 9.80 Å². The van der Waals surface area contributed by atoms with Crippen molar-refractivity contribution in [1.29, 1.82) is 0 Å². The van der Waals surface area contributed by atoms with Gasteiger partial charge in [-0.15, -0.1) is 0 Å². The Hall–Kier alpha value is -0.480. The van der Waals surface area contributed by atoms with E-state index in [1.807, 2.05) is 0 Å². The summed E-state index contributed by atoms with van der Waals surface area (Å²) in [6.07, 6.45) is 17.1. The molecule has 0 aromatic heterocycles. The second-order valence-corrected chi connectivity index (χ2v) is 18.2. The lowest BCUT2D eigenvalue weighted by atomic mass is 9.89. The van der Waals surface area contributed by atoms with Crippen LogP contribution < -0.4 is 31.9 Å². The Labute approximate surface area is 345 Å². The van der Waals surface area contributed by atoms with Crippen molar-refractivity contribution in [3.63, 3.8) is 0 Å². The molecule has 328 valence electrons. The zero-order valence-corrected chi connectivity index (χ0v) is 36.5. The largest absolute Gasteiger partial charge is 0.317 e. The molecule has 12 nitrogen and oxygen atoms in total. The number of nitrogens with zero attached hydrogens (tertiary/aromatic N) is 6. The number of nitrogens with one attached hydrogen (secondary N) is 6. The van der Waals surface area contributed by atoms with Crippen LogP contribution in [0.25, 0.3) is 0 Å². The van der Waals surface area contributed by atoms with Crippen molar-refractivity contribution in [1.82, 2.24) is 61.3 Å². The molecule has 6 N–H and O–H groups in total. The van der Waals surface area contributed by atoms with E-state index >= 15 is 0 Å². The van der Waals surface area contributed by atoms with Gasteiger partial charge in [-0.25, -0.2) is 0 Å². The summed E-state index contributed by atoms with van der Waals surface area (Å²) in [4.78, 5) is 15.4. The van der Waals surface area contributed by atoms with Crippen LogP contribution in [0.4, 0.5) is 0 Å². The van der Waals surface area contributed by atoms with Crippen LogP contribution in [-0.4, -0.2) is 226 Å². The third-order valence-electron chi connectivity index (χ3n) is 13.7. The van der Waals surface area contributed by atoms with E-state index in [0.29, 0.717) is 0 Å². The van der Waals surface area contributed by atoms with E-state index in [4.69, 9.17) is 0 Å². The van der Waals surface area contributed by atoms with E-state index < -0.39 is 0 Å². The van der Waals surface area contributed by atoms with E-state index in [0.717, 1.165) is 51.1 Å². The second-order valence-electron chi connectivity index (χ2n) is 18.2. The molecule has 15 rings (SSSR count). The van der Waals surface area contributed by atoms with Crippen molar-refractivity contribution in [3.8, 4) is 0 Å². The van der Waals surface area contributed by atoms with E-state index in [9.17, 15) is 0 Å². The van der Waals surface area contributed by atoms with Crippen molar-refractivity contribution < 1.29 is 0 Å². The summed E-state index contributed by atoms with van der Waals surface area (Å²) >= 11 is 0. The van der Waals surface area contributed by atoms with Crippen LogP contribution in [0.2, 0.25) is 0 Å². The van der Waals surface area contributed by atoms with Gasteiger partial charge in [0.1, 0.15) is 0 Å². The minimum absolute atomic E-state index is 1.10. The predicted octanol–water partition coefficient (Wildman–Crippen LogP) is 1.32. The highest BCUT2D eigenvalue weighted by atomic mass is 15.3. The summed E-state index contributed by atoms with van der Waals surface area (Å²) < 4.78 is 0. The van der Waals surface area contributed by atoms with Crippen molar-refractivity contribution in [2.45, 2.75) is 77.0 Å². The minimum Gasteiger partial charge on any atom is -0.317 e. The molecule has 12 heteroatoms. The average Bonchev–Trinajstić information content (AvgIpc) is 4.01. The van der Waals surface area contributed by atoms with Crippen LogP contribution in [0, 0.1) is 11.8 Å². The Bertz CT molecular complexity index is 727. The molecule has 0 aliphatic carbocycles. The van der Waals surface area contributed by atoms with Crippen LogP contribution in [0.3, 0.4) is 0 Å². The lowest BCUT2D eigenvalue weighted by Crippen LogP contribution is -2.55. The molecule has 15 aliphatic heterocycles. The maximum atomic E-state index is 3.28. The Morgan fingerprint density at radius 2 is 0.500 bits per heavy atom. The maximum absolute atomic E-state index is 3.28. The summed E-state index contributed by atoms with van der Waals surface area (Å²) in [5.74, 6) is 2.21. The minimum atomic E-state index is 1.10. The topological polar surface area (TPSA) is 91.6 Å². The Balaban J connectivity index is 0.000000123. The fourth-order valence-corrected chi connectivity index (χ4v) is 9.65. The molecule has 0 atom stereocenters. The summed E-state index contributed by atoms with van der Waals surface area (Å²) in [5, 5.41) is 19.5. The quantitative estimate of drug-likeness (QED) is 0.214. The number of fused-ring (bicyclic) bond motifs is 12. The summed E-state index contributed by atoms with van der Waals surface area (Å²) in [6.45, 7) is 38.5. The third kappa shape index (κ3) is 21.2. The lowest BCUT2D eigenvalue weighted by molar-refractivity contribution is 0.0647. The van der Waals surface area contributed by atoms with Crippen LogP contribution in [0.15, 0.2) is 0 Å². The Morgan fingerprint density at radius 3 is 0.714 bits per heavy atom. The van der Waals surface area contributed by atoms with Gasteiger partial charge in [0, 0.05) is 111 Å². The van der Waals surface area contributed by atoms with E-state index in [1.54, 1.807) is 0 Å². The van der Waals surface area contributed by atoms with Crippen LogP contribution in [-0.2, 0) is 0 Å². The van der Waals surface area contributed by atoms with Gasteiger partial charge in [0.15, 0.2) is 0 Å². The summed E-state index contributed by atoms with van der Waals surface area (Å²) in [7, 11) is 0. The predicted molar refractivity (Wildman–Crippen MR) is 238 cm³/mol. The molecule has 8 bridgehead atoms. The zero-order valence-electron chi connectivity index (χ0n) is 36.5. The number of rotatable bonds is 0. The fourth-order valence-electron chi connectivity index (χ4n) is 9.65. The number of piperazine rings is 5. The molecule has 0 amide bonds. The lowest BCUT2D eigenvalue weighted by Gasteiger charge is -2.41. The SMILES string of the molecule is C1CCNC1.C1CCNCC1.C1CN2CCC1C2.C1CN2CCC1CC2.C1CN2CCN(C1)CC2.C1CN2CCN1CC2.C1CNCCN1.C1CNCCNC1. The number of hydrogen-bond donors (Lipinski definition) is 6. The highest BCUT2D eigenvalue weighted by Gasteiger charge is 2.28. The first-order chi connectivity index (χ1) is 27.8. The van der Waals surface area contributed by atoms with Crippen molar-refractivity contribution in [3.05, 3.63) is 0 Å². The van der Waals surface area contributed by atoms with Crippen molar-refractivity contribution >= 4 is 0 Å². The van der Waals surface area contributed by atoms with Gasteiger partial charge < -0.3 is 51.5 Å². The van der Waals surface area contributed by atoms with Crippen LogP contribution in [0.1, 0.15) is 77.0 Å². The molecule has 15 aliphatic rings. The van der Waals surface area contributed by atoms with Crippen LogP contribution >= 0.6 is 0 Å². The molecule has 0 radical (unpaired) electrons. The molecule has 0 unspecified atom stereocenters. The first kappa shape index (κ1) is 46.6. The molecule has 0 spiro atoms. The molecule has 15 saturated heterocycles. The smallest absolute Gasteiger partial charge is 0.0110 e. The molecule has 0 saturated carbocycles. The second kappa shape index (κ2) is 30.5. The Morgan fingerprint density at radius 1 is 0.214 bits per heavy atom. The van der Waals surface area contributed by atoms with Gasteiger partial charge in [0.2, 0.25) is 0 Å². The maximum Gasteiger partial charge on any atom is 0.0110 e. The normalized spacial score (nSPS) is 36.0. The zero-order chi connectivity index (χ0) is 38.6. The van der Waals surface area contributed by atoms with Crippen molar-refractivity contribution in [2.75, 3.05) is 196 Å². The highest BCUT2D eigenvalue weighted by molar-refractivity contribution is 4.83. The number of piperidine rings is 5. The standard InChI is InChI=1S/C7H14N2.C7H13N.C6H12N2.C6H11N.C5H12N2.C5H11N.C4H10N2.C4H9N/c1-2-8-4-6-9(3-1)7-5-8;1-4-8-5-2-7(1)3-6-8;1-2-8-5-3-7(1)4-6-8;1-3-7-4-2-6(1)5-7;1-2-6-4-5-7-3-1;1-2-4-6-5-3-1;1-2-6-4-3-5-1;1-2-4-5-3-1/h1-7H2;7H,1-6H2;1-6H2;6H,1-5H2;6-7H,1-5H2;6H,1-5H2;5-6H,1-4H2;5H,1-4H2. The molecule has 15 heterocycles. The summed E-state index contributed by atoms with van der Waals surface area (Å²) in [5.41, 5.74) is 0. The van der Waals surface area contributed by atoms with Gasteiger partial charge in [0.25, 0.3) is 0 Å². The third-order valence-corrected chi connectivity index (χ3v) is 13.7. The molecular formula is C44H92N12. The Kier molecular flexibility index (Phi) is 25.4. The fraction of sp³-hybridized carbons (Fsp3) is 1.00. The van der Waals surface area contributed by atoms with Gasteiger partial charge >= 0.3 is 0 Å². The van der Waals surface area contributed by atoms with Crippen LogP contribution in [0.5, 0.6) is 0 Å². The van der Waals surface area contributed by atoms with Gasteiger partial charge in [-0.1, -0.05) is 6.42 Å².